The van der Waals surface area contributed by atoms with Crippen LogP contribution in [-0.4, -0.2) is 41.2 Å². The average molecular weight is 294 g/mol. The lowest BCUT2D eigenvalue weighted by Gasteiger charge is -2.54. The molecule has 1 aromatic rings. The highest BCUT2D eigenvalue weighted by atomic mass is 32.3. The summed E-state index contributed by atoms with van der Waals surface area (Å²) in [5.74, 6) is 0.0559. The van der Waals surface area contributed by atoms with Gasteiger partial charge in [0.2, 0.25) is 5.91 Å². The molecule has 1 amide bonds. The molecule has 5 nitrogen and oxygen atoms in total. The second-order valence-electron chi connectivity index (χ2n) is 5.95. The first-order valence-corrected chi connectivity index (χ1v) is 8.47. The number of para-hydroxylation sites is 1. The molecule has 1 saturated heterocycles. The fraction of sp³-hybridized carbons (Fsp3) is 0.500. The Labute approximate surface area is 120 Å². The van der Waals surface area contributed by atoms with Crippen LogP contribution in [0, 0.1) is 5.41 Å². The van der Waals surface area contributed by atoms with Gasteiger partial charge in [-0.3, -0.25) is 4.79 Å². The van der Waals surface area contributed by atoms with Crippen LogP contribution in [0.2, 0.25) is 0 Å². The Morgan fingerprint density at radius 3 is 2.55 bits per heavy atom. The Morgan fingerprint density at radius 1 is 1.30 bits per heavy atom. The number of anilines is 1. The maximum Gasteiger partial charge on any atom is 0.219 e. The highest BCUT2D eigenvalue weighted by Gasteiger charge is 2.50. The van der Waals surface area contributed by atoms with Gasteiger partial charge in [0.1, 0.15) is 16.7 Å². The molecule has 3 rings (SSSR count). The van der Waals surface area contributed by atoms with Crippen molar-refractivity contribution in [1.82, 2.24) is 4.90 Å². The van der Waals surface area contributed by atoms with Crippen LogP contribution in [0.15, 0.2) is 24.3 Å². The smallest absolute Gasteiger partial charge is 0.219 e. The molecule has 0 aromatic heterocycles. The maximum absolute atomic E-state index is 12.0. The Morgan fingerprint density at radius 2 is 1.95 bits per heavy atom. The lowest BCUT2D eigenvalue weighted by molar-refractivity contribution is -0.140. The van der Waals surface area contributed by atoms with Gasteiger partial charge in [0.15, 0.2) is 0 Å². The van der Waals surface area contributed by atoms with Crippen molar-refractivity contribution in [2.75, 3.05) is 30.2 Å². The van der Waals surface area contributed by atoms with Gasteiger partial charge in [0.05, 0.1) is 12.2 Å². The first-order valence-electron chi connectivity index (χ1n) is 6.62. The van der Waals surface area contributed by atoms with Crippen LogP contribution < -0.4 is 4.31 Å². The van der Waals surface area contributed by atoms with Crippen LogP contribution in [0.4, 0.5) is 5.69 Å². The number of benzene rings is 1. The van der Waals surface area contributed by atoms with Gasteiger partial charge in [0, 0.05) is 25.4 Å². The predicted octanol–water partition coefficient (Wildman–Crippen LogP) is 1.07. The Kier molecular flexibility index (Phi) is 2.92. The summed E-state index contributed by atoms with van der Waals surface area (Å²) in [6.07, 6.45) is 2.07. The Balaban J connectivity index is 1.94. The molecular weight excluding hydrogens is 276 g/mol. The van der Waals surface area contributed by atoms with Gasteiger partial charge in [0.25, 0.3) is 0 Å². The van der Waals surface area contributed by atoms with E-state index in [-0.39, 0.29) is 11.3 Å². The number of carbonyl (C=O) groups excluding carboxylic acids is 1. The molecule has 1 aromatic carbocycles. The molecule has 0 bridgehead atoms. The van der Waals surface area contributed by atoms with E-state index in [1.165, 1.54) is 10.6 Å². The molecule has 0 aliphatic carbocycles. The summed E-state index contributed by atoms with van der Waals surface area (Å²) in [5, 5.41) is 0. The predicted molar refractivity (Wildman–Crippen MR) is 76.9 cm³/mol. The zero-order valence-electron chi connectivity index (χ0n) is 11.7. The largest absolute Gasteiger partial charge is 0.593 e. The van der Waals surface area contributed by atoms with Crippen molar-refractivity contribution in [1.29, 1.82) is 0 Å². The van der Waals surface area contributed by atoms with Crippen molar-refractivity contribution in [3.05, 3.63) is 29.8 Å². The van der Waals surface area contributed by atoms with Crippen LogP contribution in [-0.2, 0) is 25.8 Å². The molecule has 1 fully saturated rings. The van der Waals surface area contributed by atoms with Gasteiger partial charge in [-0.2, -0.15) is 4.31 Å². The molecule has 6 heteroatoms. The van der Waals surface area contributed by atoms with E-state index in [0.717, 1.165) is 17.7 Å². The molecule has 1 atom stereocenters. The van der Waals surface area contributed by atoms with Crippen LogP contribution in [0.3, 0.4) is 0 Å². The molecule has 2 aliphatic heterocycles. The summed E-state index contributed by atoms with van der Waals surface area (Å²) in [6, 6.07) is 7.62. The van der Waals surface area contributed by atoms with E-state index in [9.17, 15) is 13.6 Å². The van der Waals surface area contributed by atoms with E-state index in [1.54, 1.807) is 11.8 Å². The molecule has 2 heterocycles. The number of likely N-dealkylation sites (tertiary alicyclic amines) is 1. The Hall–Kier alpha value is -1.40. The normalized spacial score (nSPS) is 22.9. The van der Waals surface area contributed by atoms with Crippen molar-refractivity contribution >= 4 is 22.0 Å². The highest BCUT2D eigenvalue weighted by Crippen LogP contribution is 2.43. The topological polar surface area (TPSA) is 63.7 Å². The molecule has 1 spiro atoms. The quantitative estimate of drug-likeness (QED) is 0.728. The second-order valence-corrected chi connectivity index (χ2v) is 7.86. The minimum absolute atomic E-state index is 0.0559. The van der Waals surface area contributed by atoms with Gasteiger partial charge in [-0.1, -0.05) is 22.4 Å². The van der Waals surface area contributed by atoms with E-state index in [4.69, 9.17) is 0 Å². The minimum atomic E-state index is -3.29. The third kappa shape index (κ3) is 2.13. The average Bonchev–Trinajstić information content (AvgIpc) is 2.33. The molecule has 20 heavy (non-hydrogen) atoms. The zero-order valence-corrected chi connectivity index (χ0v) is 12.5. The van der Waals surface area contributed by atoms with Crippen LogP contribution in [0.1, 0.15) is 12.5 Å². The van der Waals surface area contributed by atoms with Crippen LogP contribution in [0.5, 0.6) is 0 Å². The highest BCUT2D eigenvalue weighted by molar-refractivity contribution is 7.98. The van der Waals surface area contributed by atoms with Crippen molar-refractivity contribution in [3.8, 4) is 0 Å². The minimum Gasteiger partial charge on any atom is -0.593 e. The molecule has 0 radical (unpaired) electrons. The second kappa shape index (κ2) is 4.30. The molecule has 0 N–H and O–H groups in total. The van der Waals surface area contributed by atoms with E-state index in [1.807, 2.05) is 24.3 Å². The lowest BCUT2D eigenvalue weighted by atomic mass is 9.72. The number of carbonyl (C=O) groups is 1. The van der Waals surface area contributed by atoms with Crippen LogP contribution in [0.25, 0.3) is 0 Å². The third-order valence-corrected chi connectivity index (χ3v) is 5.33. The van der Waals surface area contributed by atoms with Crippen molar-refractivity contribution in [3.63, 3.8) is 0 Å². The maximum atomic E-state index is 12.0. The fourth-order valence-corrected chi connectivity index (χ4v) is 4.29. The summed E-state index contributed by atoms with van der Waals surface area (Å²) in [6.45, 7) is 3.30. The summed E-state index contributed by atoms with van der Waals surface area (Å²) in [7, 11) is -3.29. The SMILES string of the molecule is CC(=O)N1CC2(Cc3ccccc3N([S+](C)(=O)[O-])C2)C1. The Bertz CT molecular complexity index is 604. The number of hydrogen-bond acceptors (Lipinski definition) is 3. The third-order valence-electron chi connectivity index (χ3n) is 4.20. The first kappa shape index (κ1) is 13.6. The number of rotatable bonds is 1. The summed E-state index contributed by atoms with van der Waals surface area (Å²) >= 11 is 0. The monoisotopic (exact) mass is 294 g/mol. The molecule has 0 saturated carbocycles. The number of amides is 1. The summed E-state index contributed by atoms with van der Waals surface area (Å²) in [5.41, 5.74) is 1.71. The van der Waals surface area contributed by atoms with E-state index in [0.29, 0.717) is 19.6 Å². The van der Waals surface area contributed by atoms with Gasteiger partial charge in [-0.15, -0.1) is 0 Å². The van der Waals surface area contributed by atoms with Gasteiger partial charge < -0.3 is 9.45 Å². The van der Waals surface area contributed by atoms with Gasteiger partial charge >= 0.3 is 0 Å². The van der Waals surface area contributed by atoms with Gasteiger partial charge in [-0.25, -0.2) is 0 Å². The fourth-order valence-electron chi connectivity index (χ4n) is 3.25. The number of hydrogen-bond donors (Lipinski definition) is 0. The summed E-state index contributed by atoms with van der Waals surface area (Å²) in [4.78, 5) is 13.1. The van der Waals surface area contributed by atoms with Crippen LogP contribution >= 0.6 is 0 Å². The lowest BCUT2D eigenvalue weighted by Crippen LogP contribution is -2.65. The number of nitrogens with zero attached hydrogens (tertiary/aromatic N) is 2. The van der Waals surface area contributed by atoms with Gasteiger partial charge in [-0.05, 0) is 18.1 Å². The van der Waals surface area contributed by atoms with Crippen molar-refractivity contribution in [2.45, 2.75) is 13.3 Å². The molecule has 1 unspecified atom stereocenters. The number of sulfonamides is 1. The first-order chi connectivity index (χ1) is 9.31. The number of fused-ring (bicyclic) bond motifs is 1. The van der Waals surface area contributed by atoms with E-state index < -0.39 is 10.4 Å². The molecule has 108 valence electrons. The standard InChI is InChI=1S/C14H18N2O3S/c1-11(17)15-8-14(9-15)7-12-5-3-4-6-13(12)16(10-14)20(2,18)19/h3-6H,7-10H2,1-2H3. The molecule has 2 aliphatic rings. The van der Waals surface area contributed by atoms with E-state index >= 15 is 0 Å². The van der Waals surface area contributed by atoms with Crippen molar-refractivity contribution < 1.29 is 13.6 Å². The van der Waals surface area contributed by atoms with E-state index in [2.05, 4.69) is 0 Å². The molecular formula is C14H18N2O3S. The van der Waals surface area contributed by atoms with Crippen molar-refractivity contribution in [2.24, 2.45) is 5.41 Å². The summed E-state index contributed by atoms with van der Waals surface area (Å²) < 4.78 is 25.6. The zero-order chi connectivity index (χ0) is 14.5.